The van der Waals surface area contributed by atoms with Gasteiger partial charge < -0.3 is 23.8 Å². The summed E-state index contributed by atoms with van der Waals surface area (Å²) in [4.78, 5) is 37.2. The highest BCUT2D eigenvalue weighted by molar-refractivity contribution is 5.72. The highest BCUT2D eigenvalue weighted by Gasteiger charge is 2.31. The molecular formula is C54H100NO7+. The Morgan fingerprint density at radius 2 is 0.855 bits per heavy atom. The summed E-state index contributed by atoms with van der Waals surface area (Å²) in [6.07, 6.45) is 53.3. The Kier molecular flexibility index (Phi) is 43.3. The number of esters is 2. The molecule has 2 atom stereocenters. The maximum absolute atomic E-state index is 12.8. The normalized spacial score (nSPS) is 13.1. The van der Waals surface area contributed by atoms with Gasteiger partial charge in [-0.1, -0.05) is 192 Å². The molecule has 0 aliphatic carbocycles. The van der Waals surface area contributed by atoms with Crippen molar-refractivity contribution in [3.8, 4) is 0 Å². The number of likely N-dealkylation sites (N-methyl/N-ethyl adjacent to an activating group) is 1. The van der Waals surface area contributed by atoms with Crippen LogP contribution in [-0.4, -0.2) is 80.6 Å². The molecule has 0 aromatic carbocycles. The molecule has 8 nitrogen and oxygen atoms in total. The van der Waals surface area contributed by atoms with Crippen molar-refractivity contribution < 1.29 is 38.2 Å². The number of unbranched alkanes of at least 4 members (excludes halogenated alkanes) is 28. The number of aliphatic carboxylic acids is 1. The molecule has 0 aromatic rings. The Morgan fingerprint density at radius 1 is 0.484 bits per heavy atom. The van der Waals surface area contributed by atoms with Gasteiger partial charge in [0.25, 0.3) is 0 Å². The number of ether oxygens (including phenoxy) is 3. The molecule has 1 N–H and O–H groups in total. The Hall–Kier alpha value is -2.45. The molecule has 0 saturated heterocycles. The van der Waals surface area contributed by atoms with Crippen LogP contribution in [0.2, 0.25) is 0 Å². The van der Waals surface area contributed by atoms with Gasteiger partial charge in [-0.3, -0.25) is 9.59 Å². The first-order valence-corrected chi connectivity index (χ1v) is 26.0. The van der Waals surface area contributed by atoms with E-state index in [4.69, 9.17) is 14.2 Å². The fraction of sp³-hybridized carbons (Fsp3) is 0.833. The number of carboxylic acids is 1. The molecule has 0 radical (unpaired) electrons. The van der Waals surface area contributed by atoms with Crippen molar-refractivity contribution >= 4 is 17.9 Å². The number of carbonyl (C=O) groups is 3. The SMILES string of the molecule is CCCCCCCCC/C=C/C=C/CCCCCCCC(=O)OCC(COCCC(C(=O)O)[N+](C)(C)C)OC(=O)CCCCCCCCC/C=C/CCCCCCCCCCC. The third kappa shape index (κ3) is 42.8. The number of rotatable bonds is 47. The molecule has 2 unspecified atom stereocenters. The summed E-state index contributed by atoms with van der Waals surface area (Å²) in [7, 11) is 5.53. The van der Waals surface area contributed by atoms with Crippen molar-refractivity contribution in [1.29, 1.82) is 0 Å². The van der Waals surface area contributed by atoms with E-state index in [9.17, 15) is 19.5 Å². The number of allylic oxidation sites excluding steroid dienone is 6. The molecule has 362 valence electrons. The van der Waals surface area contributed by atoms with Gasteiger partial charge in [-0.05, 0) is 64.2 Å². The van der Waals surface area contributed by atoms with E-state index in [0.29, 0.717) is 19.3 Å². The van der Waals surface area contributed by atoms with E-state index in [-0.39, 0.29) is 36.2 Å². The fourth-order valence-corrected chi connectivity index (χ4v) is 7.73. The van der Waals surface area contributed by atoms with Crippen LogP contribution in [0.1, 0.15) is 239 Å². The molecule has 0 heterocycles. The van der Waals surface area contributed by atoms with Crippen LogP contribution < -0.4 is 0 Å². The summed E-state index contributed by atoms with van der Waals surface area (Å²) < 4.78 is 17.3. The van der Waals surface area contributed by atoms with E-state index in [0.717, 1.165) is 57.8 Å². The first-order valence-electron chi connectivity index (χ1n) is 26.0. The molecule has 0 spiro atoms. The summed E-state index contributed by atoms with van der Waals surface area (Å²) in [6.45, 7) is 4.74. The van der Waals surface area contributed by atoms with E-state index in [1.807, 2.05) is 21.1 Å². The number of hydrogen-bond donors (Lipinski definition) is 1. The zero-order valence-electron chi connectivity index (χ0n) is 41.3. The van der Waals surface area contributed by atoms with Crippen LogP contribution in [0.25, 0.3) is 0 Å². The summed E-state index contributed by atoms with van der Waals surface area (Å²) >= 11 is 0. The van der Waals surface area contributed by atoms with Gasteiger partial charge in [-0.25, -0.2) is 4.79 Å². The number of hydrogen-bond acceptors (Lipinski definition) is 6. The minimum absolute atomic E-state index is 0.0559. The first-order chi connectivity index (χ1) is 30.1. The lowest BCUT2D eigenvalue weighted by Gasteiger charge is -2.31. The molecule has 0 amide bonds. The maximum atomic E-state index is 12.8. The van der Waals surface area contributed by atoms with E-state index in [1.54, 1.807) is 0 Å². The summed E-state index contributed by atoms with van der Waals surface area (Å²) in [5, 5.41) is 9.65. The van der Waals surface area contributed by atoms with Crippen molar-refractivity contribution in [3.05, 3.63) is 36.5 Å². The fourth-order valence-electron chi connectivity index (χ4n) is 7.73. The molecule has 0 bridgehead atoms. The third-order valence-corrected chi connectivity index (χ3v) is 11.8. The molecular weight excluding hydrogens is 775 g/mol. The average Bonchev–Trinajstić information content (AvgIpc) is 3.23. The van der Waals surface area contributed by atoms with E-state index < -0.39 is 18.1 Å². The minimum atomic E-state index is -0.876. The first kappa shape index (κ1) is 59.5. The second-order valence-electron chi connectivity index (χ2n) is 18.8. The second-order valence-corrected chi connectivity index (χ2v) is 18.8. The van der Waals surface area contributed by atoms with Crippen LogP contribution in [-0.2, 0) is 28.6 Å². The molecule has 0 saturated carbocycles. The zero-order valence-corrected chi connectivity index (χ0v) is 41.3. The Labute approximate surface area is 383 Å². The quantitative estimate of drug-likeness (QED) is 0.0214. The van der Waals surface area contributed by atoms with Crippen molar-refractivity contribution in [2.45, 2.75) is 251 Å². The molecule has 0 rings (SSSR count). The standard InChI is InChI=1S/C54H99NO7/c1-6-8-10-12-14-16-18-20-22-24-26-27-29-31-33-35-37-39-41-43-45-53(57)62-50(48-60-47-46-51(54(58)59)55(3,4)5)49-61-52(56)44-42-40-38-36-34-32-30-28-25-23-21-19-17-15-13-11-9-7-2/h23,25-28,30,50-51H,6-22,24,29,31-49H2,1-5H3/p+1/b25-23+,27-26+,30-28+. The van der Waals surface area contributed by atoms with Gasteiger partial charge in [0.2, 0.25) is 0 Å². The van der Waals surface area contributed by atoms with Crippen LogP contribution in [0.4, 0.5) is 0 Å². The molecule has 62 heavy (non-hydrogen) atoms. The number of carboxylic acid groups (broad SMARTS) is 1. The van der Waals surface area contributed by atoms with Gasteiger partial charge in [0.05, 0.1) is 34.4 Å². The smallest absolute Gasteiger partial charge is 0.362 e. The van der Waals surface area contributed by atoms with Gasteiger partial charge in [0.15, 0.2) is 12.1 Å². The van der Waals surface area contributed by atoms with Crippen molar-refractivity contribution in [2.24, 2.45) is 0 Å². The average molecular weight is 875 g/mol. The van der Waals surface area contributed by atoms with Gasteiger partial charge in [-0.2, -0.15) is 0 Å². The third-order valence-electron chi connectivity index (χ3n) is 11.8. The van der Waals surface area contributed by atoms with Gasteiger partial charge in [0.1, 0.15) is 6.61 Å². The lowest BCUT2D eigenvalue weighted by Crippen LogP contribution is -2.50. The number of quaternary nitrogens is 1. The summed E-state index contributed by atoms with van der Waals surface area (Å²) in [5.74, 6) is -1.48. The monoisotopic (exact) mass is 875 g/mol. The molecule has 0 aliphatic heterocycles. The number of carbonyl (C=O) groups excluding carboxylic acids is 2. The van der Waals surface area contributed by atoms with E-state index in [1.165, 1.54) is 148 Å². The van der Waals surface area contributed by atoms with Gasteiger partial charge in [0, 0.05) is 19.3 Å². The predicted octanol–water partition coefficient (Wildman–Crippen LogP) is 15.0. The Morgan fingerprint density at radius 3 is 1.26 bits per heavy atom. The van der Waals surface area contributed by atoms with Crippen molar-refractivity contribution in [3.63, 3.8) is 0 Å². The predicted molar refractivity (Wildman–Crippen MR) is 261 cm³/mol. The zero-order chi connectivity index (χ0) is 45.6. The maximum Gasteiger partial charge on any atom is 0.362 e. The van der Waals surface area contributed by atoms with Crippen molar-refractivity contribution in [2.75, 3.05) is 41.0 Å². The van der Waals surface area contributed by atoms with Gasteiger partial charge in [-0.15, -0.1) is 0 Å². The van der Waals surface area contributed by atoms with Crippen molar-refractivity contribution in [1.82, 2.24) is 0 Å². The second kappa shape index (κ2) is 45.1. The Bertz CT molecular complexity index is 1110. The van der Waals surface area contributed by atoms with Crippen LogP contribution in [0.5, 0.6) is 0 Å². The molecule has 0 aromatic heterocycles. The van der Waals surface area contributed by atoms with Crippen LogP contribution >= 0.6 is 0 Å². The van der Waals surface area contributed by atoms with E-state index in [2.05, 4.69) is 50.3 Å². The van der Waals surface area contributed by atoms with Gasteiger partial charge >= 0.3 is 17.9 Å². The minimum Gasteiger partial charge on any atom is -0.477 e. The Balaban J connectivity index is 4.27. The lowest BCUT2D eigenvalue weighted by atomic mass is 10.1. The molecule has 0 aliphatic rings. The summed E-state index contributed by atoms with van der Waals surface area (Å²) in [5.41, 5.74) is 0. The van der Waals surface area contributed by atoms with Crippen LogP contribution in [0.3, 0.4) is 0 Å². The highest BCUT2D eigenvalue weighted by atomic mass is 16.6. The van der Waals surface area contributed by atoms with E-state index >= 15 is 0 Å². The molecule has 8 heteroatoms. The highest BCUT2D eigenvalue weighted by Crippen LogP contribution is 2.15. The number of nitrogens with zero attached hydrogens (tertiary/aromatic N) is 1. The topological polar surface area (TPSA) is 99.1 Å². The summed E-state index contributed by atoms with van der Waals surface area (Å²) in [6, 6.07) is -0.618. The molecule has 0 fully saturated rings. The van der Waals surface area contributed by atoms with Crippen LogP contribution in [0.15, 0.2) is 36.5 Å². The largest absolute Gasteiger partial charge is 0.477 e. The lowest BCUT2D eigenvalue weighted by molar-refractivity contribution is -0.887. The van der Waals surface area contributed by atoms with Crippen LogP contribution in [0, 0.1) is 0 Å².